The predicted molar refractivity (Wildman–Crippen MR) is 156 cm³/mol. The average Bonchev–Trinajstić information content (AvgIpc) is 3.01. The van der Waals surface area contributed by atoms with Crippen molar-refractivity contribution >= 4 is 23.8 Å². The van der Waals surface area contributed by atoms with Crippen LogP contribution in [0.4, 0.5) is 0 Å². The Morgan fingerprint density at radius 3 is 1.52 bits per heavy atom. The Morgan fingerprint density at radius 2 is 1.07 bits per heavy atom. The molecule has 0 saturated carbocycles. The number of aliphatic hydroxyl groups is 5. The average molecular weight is 583 g/mol. The van der Waals surface area contributed by atoms with Gasteiger partial charge in [0, 0.05) is 5.88 Å². The molecule has 0 saturated heterocycles. The monoisotopic (exact) mass is 582 g/mol. The minimum atomic E-state index is -1.02. The standard InChI is InChI=1S/C21H34O9.C9H9Cl/c1-2-16-3-5-17(6-4-16)10-27-14-21(30-12-19(26)8-23)15-28-13-20(9-24)29-11-18(25)7-22;1-2-8-3-5-9(7-10)6-4-8/h2-6,18-26H,1,7-15H2;2-6H,1,7H2. The molecule has 0 spiro atoms. The predicted octanol–water partition coefficient (Wildman–Crippen LogP) is 2.40. The van der Waals surface area contributed by atoms with Gasteiger partial charge < -0.3 is 44.5 Å². The Hall–Kier alpha value is -2.15. The molecule has 0 aromatic heterocycles. The van der Waals surface area contributed by atoms with Crippen molar-refractivity contribution in [3.8, 4) is 0 Å². The first-order valence-corrected chi connectivity index (χ1v) is 13.5. The van der Waals surface area contributed by atoms with Crippen molar-refractivity contribution in [1.29, 1.82) is 0 Å². The molecular weight excluding hydrogens is 540 g/mol. The van der Waals surface area contributed by atoms with E-state index in [1.54, 1.807) is 6.08 Å². The van der Waals surface area contributed by atoms with Crippen LogP contribution in [0.3, 0.4) is 0 Å². The molecule has 0 radical (unpaired) electrons. The van der Waals surface area contributed by atoms with Crippen LogP contribution in [0.2, 0.25) is 0 Å². The number of benzene rings is 2. The van der Waals surface area contributed by atoms with Crippen LogP contribution >= 0.6 is 11.6 Å². The molecule has 5 N–H and O–H groups in total. The van der Waals surface area contributed by atoms with Crippen molar-refractivity contribution in [3.63, 3.8) is 0 Å². The Kier molecular flexibility index (Phi) is 20.2. The van der Waals surface area contributed by atoms with Crippen LogP contribution in [0, 0.1) is 0 Å². The molecule has 0 amide bonds. The first-order chi connectivity index (χ1) is 19.4. The number of hydrogen-bond acceptors (Lipinski definition) is 9. The van der Waals surface area contributed by atoms with E-state index in [1.807, 2.05) is 54.6 Å². The lowest BCUT2D eigenvalue weighted by molar-refractivity contribution is -0.113. The number of rotatable bonds is 20. The molecule has 224 valence electrons. The van der Waals surface area contributed by atoms with Crippen LogP contribution in [-0.4, -0.2) is 103 Å². The van der Waals surface area contributed by atoms with E-state index in [4.69, 9.17) is 40.8 Å². The third-order valence-electron chi connectivity index (χ3n) is 5.44. The summed E-state index contributed by atoms with van der Waals surface area (Å²) in [4.78, 5) is 0. The van der Waals surface area contributed by atoms with Gasteiger partial charge in [-0.25, -0.2) is 0 Å². The highest BCUT2D eigenvalue weighted by molar-refractivity contribution is 6.17. The van der Waals surface area contributed by atoms with Gasteiger partial charge >= 0.3 is 0 Å². The quantitative estimate of drug-likeness (QED) is 0.149. The molecule has 4 unspecified atom stereocenters. The summed E-state index contributed by atoms with van der Waals surface area (Å²) < 4.78 is 22.0. The summed E-state index contributed by atoms with van der Waals surface area (Å²) in [5.74, 6) is 0.581. The summed E-state index contributed by atoms with van der Waals surface area (Å²) in [6.07, 6.45) is 0.362. The van der Waals surface area contributed by atoms with E-state index >= 15 is 0 Å². The zero-order valence-corrected chi connectivity index (χ0v) is 23.6. The molecular formula is C30H43ClO9. The molecule has 0 aliphatic rings. The van der Waals surface area contributed by atoms with E-state index in [1.165, 1.54) is 0 Å². The van der Waals surface area contributed by atoms with Gasteiger partial charge in [-0.15, -0.1) is 11.6 Å². The fraction of sp³-hybridized carbons (Fsp3) is 0.467. The van der Waals surface area contributed by atoms with Gasteiger partial charge in [-0.05, 0) is 22.3 Å². The smallest absolute Gasteiger partial charge is 0.104 e. The van der Waals surface area contributed by atoms with Crippen LogP contribution in [0.15, 0.2) is 61.7 Å². The van der Waals surface area contributed by atoms with Crippen molar-refractivity contribution in [3.05, 3.63) is 83.9 Å². The van der Waals surface area contributed by atoms with E-state index in [0.29, 0.717) is 12.5 Å². The first kappa shape index (κ1) is 35.9. The number of aliphatic hydroxyl groups excluding tert-OH is 5. The second-order valence-corrected chi connectivity index (χ2v) is 9.11. The van der Waals surface area contributed by atoms with E-state index < -0.39 is 37.6 Å². The van der Waals surface area contributed by atoms with Crippen LogP contribution in [0.1, 0.15) is 22.3 Å². The van der Waals surface area contributed by atoms with Gasteiger partial charge in [0.15, 0.2) is 0 Å². The molecule has 0 fully saturated rings. The van der Waals surface area contributed by atoms with E-state index in [0.717, 1.165) is 22.3 Å². The Balaban J connectivity index is 0.000000667. The van der Waals surface area contributed by atoms with Crippen molar-refractivity contribution in [2.24, 2.45) is 0 Å². The maximum absolute atomic E-state index is 9.49. The molecule has 40 heavy (non-hydrogen) atoms. The van der Waals surface area contributed by atoms with Crippen molar-refractivity contribution < 1.29 is 44.5 Å². The molecule has 0 aliphatic heterocycles. The first-order valence-electron chi connectivity index (χ1n) is 12.9. The molecule has 2 aromatic rings. The summed E-state index contributed by atoms with van der Waals surface area (Å²) >= 11 is 5.60. The normalized spacial score (nSPS) is 13.9. The van der Waals surface area contributed by atoms with Crippen LogP contribution in [0.25, 0.3) is 12.2 Å². The van der Waals surface area contributed by atoms with Crippen LogP contribution in [-0.2, 0) is 31.4 Å². The highest BCUT2D eigenvalue weighted by atomic mass is 35.5. The topological polar surface area (TPSA) is 138 Å². The van der Waals surface area contributed by atoms with Crippen molar-refractivity contribution in [2.75, 3.05) is 52.9 Å². The third kappa shape index (κ3) is 16.2. The van der Waals surface area contributed by atoms with Gasteiger partial charge in [-0.1, -0.05) is 73.8 Å². The van der Waals surface area contributed by atoms with Gasteiger partial charge in [-0.2, -0.15) is 0 Å². The molecule has 0 aliphatic carbocycles. The number of alkyl halides is 1. The highest BCUT2D eigenvalue weighted by Crippen LogP contribution is 2.09. The van der Waals surface area contributed by atoms with Gasteiger partial charge in [0.05, 0.1) is 59.5 Å². The van der Waals surface area contributed by atoms with Gasteiger partial charge in [0.25, 0.3) is 0 Å². The summed E-state index contributed by atoms with van der Waals surface area (Å²) in [5, 5.41) is 45.8. The zero-order chi connectivity index (χ0) is 29.6. The molecule has 0 bridgehead atoms. The number of hydrogen-bond donors (Lipinski definition) is 5. The summed E-state index contributed by atoms with van der Waals surface area (Å²) in [5.41, 5.74) is 4.27. The van der Waals surface area contributed by atoms with Gasteiger partial charge in [0.2, 0.25) is 0 Å². The minimum Gasteiger partial charge on any atom is -0.394 e. The van der Waals surface area contributed by atoms with Crippen LogP contribution < -0.4 is 0 Å². The van der Waals surface area contributed by atoms with Gasteiger partial charge in [0.1, 0.15) is 24.4 Å². The fourth-order valence-electron chi connectivity index (χ4n) is 3.03. The molecule has 10 heteroatoms. The molecule has 4 atom stereocenters. The highest BCUT2D eigenvalue weighted by Gasteiger charge is 2.16. The maximum Gasteiger partial charge on any atom is 0.104 e. The summed E-state index contributed by atoms with van der Waals surface area (Å²) in [6, 6.07) is 15.8. The SMILES string of the molecule is C=Cc1ccc(CCl)cc1.C=Cc1ccc(COCC(COCC(CO)OCC(O)CO)OCC(O)CO)cc1. The fourth-order valence-corrected chi connectivity index (χ4v) is 3.21. The number of ether oxygens (including phenoxy) is 4. The van der Waals surface area contributed by atoms with E-state index in [-0.39, 0.29) is 39.6 Å². The maximum atomic E-state index is 9.49. The molecule has 0 heterocycles. The molecule has 9 nitrogen and oxygen atoms in total. The van der Waals surface area contributed by atoms with E-state index in [2.05, 4.69) is 13.2 Å². The lowest BCUT2D eigenvalue weighted by atomic mass is 10.1. The lowest BCUT2D eigenvalue weighted by Gasteiger charge is -2.22. The van der Waals surface area contributed by atoms with Crippen LogP contribution in [0.5, 0.6) is 0 Å². The van der Waals surface area contributed by atoms with E-state index in [9.17, 15) is 15.3 Å². The Morgan fingerprint density at radius 1 is 0.625 bits per heavy atom. The molecule has 2 aromatic carbocycles. The largest absolute Gasteiger partial charge is 0.394 e. The van der Waals surface area contributed by atoms with Crippen molar-refractivity contribution in [1.82, 2.24) is 0 Å². The summed E-state index contributed by atoms with van der Waals surface area (Å²) in [7, 11) is 0. The minimum absolute atomic E-state index is 0.0417. The third-order valence-corrected chi connectivity index (χ3v) is 5.75. The molecule has 2 rings (SSSR count). The second-order valence-electron chi connectivity index (χ2n) is 8.84. The van der Waals surface area contributed by atoms with Gasteiger partial charge in [-0.3, -0.25) is 0 Å². The lowest BCUT2D eigenvalue weighted by Crippen LogP contribution is -2.34. The summed E-state index contributed by atoms with van der Waals surface area (Å²) in [6.45, 7) is 6.69. The Bertz CT molecular complexity index is 908. The zero-order valence-electron chi connectivity index (χ0n) is 22.8. The Labute approximate surface area is 241 Å². The van der Waals surface area contributed by atoms with Crippen molar-refractivity contribution in [2.45, 2.75) is 36.9 Å². The number of halogens is 1. The second kappa shape index (κ2) is 22.5.